The van der Waals surface area contributed by atoms with Gasteiger partial charge in [-0.3, -0.25) is 4.98 Å². The van der Waals surface area contributed by atoms with E-state index in [9.17, 15) is 8.42 Å². The molecular formula is C14H14N2O3S2. The summed E-state index contributed by atoms with van der Waals surface area (Å²) in [7, 11) is -3.83. The maximum atomic E-state index is 12.2. The number of hydrogen-bond acceptors (Lipinski definition) is 6. The van der Waals surface area contributed by atoms with Gasteiger partial charge in [0.1, 0.15) is 4.90 Å². The first kappa shape index (κ1) is 14.3. The van der Waals surface area contributed by atoms with E-state index in [2.05, 4.69) is 9.98 Å². The summed E-state index contributed by atoms with van der Waals surface area (Å²) in [5, 5.41) is 1.01. The molecule has 21 heavy (non-hydrogen) atoms. The molecule has 2 heterocycles. The highest BCUT2D eigenvalue weighted by atomic mass is 32.2. The van der Waals surface area contributed by atoms with Crippen molar-refractivity contribution in [2.24, 2.45) is 4.99 Å². The molecule has 110 valence electrons. The van der Waals surface area contributed by atoms with Gasteiger partial charge in [0.25, 0.3) is 5.23 Å². The first-order chi connectivity index (χ1) is 10.1. The zero-order valence-corrected chi connectivity index (χ0v) is 13.1. The number of rotatable bonds is 3. The fourth-order valence-corrected chi connectivity index (χ4v) is 3.86. The van der Waals surface area contributed by atoms with Crippen LogP contribution in [0.3, 0.4) is 0 Å². The van der Waals surface area contributed by atoms with Crippen LogP contribution in [0.15, 0.2) is 40.4 Å². The van der Waals surface area contributed by atoms with Gasteiger partial charge in [0.05, 0.1) is 12.1 Å². The third-order valence-corrected chi connectivity index (χ3v) is 5.31. The molecule has 0 saturated heterocycles. The lowest BCUT2D eigenvalue weighted by Gasteiger charge is -2.07. The van der Waals surface area contributed by atoms with Crippen molar-refractivity contribution in [3.8, 4) is 0 Å². The average molecular weight is 322 g/mol. The molecule has 3 rings (SSSR count). The molecular weight excluding hydrogens is 308 g/mol. The molecule has 1 aliphatic heterocycles. The topological polar surface area (TPSA) is 68.6 Å². The van der Waals surface area contributed by atoms with Gasteiger partial charge in [-0.05, 0) is 36.2 Å². The second-order valence-corrected chi connectivity index (χ2v) is 7.18. The van der Waals surface area contributed by atoms with Gasteiger partial charge in [0, 0.05) is 17.3 Å². The SMILES string of the molecule is CCc1cnc2ccc(S(=O)(=O)OC3=NCCS3)cc2c1. The van der Waals surface area contributed by atoms with E-state index >= 15 is 0 Å². The van der Waals surface area contributed by atoms with E-state index in [0.29, 0.717) is 6.54 Å². The minimum atomic E-state index is -3.83. The Hall–Kier alpha value is -1.60. The number of aliphatic imine (C=N–C) groups is 1. The Balaban J connectivity index is 1.99. The van der Waals surface area contributed by atoms with Crippen molar-refractivity contribution >= 4 is 38.0 Å². The minimum Gasteiger partial charge on any atom is -0.352 e. The standard InChI is InChI=1S/C14H14N2O3S2/c1-2-10-7-11-8-12(3-4-13(11)16-9-10)21(17,18)19-14-15-5-6-20-14/h3-4,7-9H,2,5-6H2,1H3. The third-order valence-electron chi connectivity index (χ3n) is 3.14. The van der Waals surface area contributed by atoms with Crippen LogP contribution in [0.2, 0.25) is 0 Å². The van der Waals surface area contributed by atoms with Crippen LogP contribution in [0.1, 0.15) is 12.5 Å². The highest BCUT2D eigenvalue weighted by molar-refractivity contribution is 8.14. The van der Waals surface area contributed by atoms with E-state index in [-0.39, 0.29) is 10.1 Å². The van der Waals surface area contributed by atoms with Gasteiger partial charge in [0.2, 0.25) is 0 Å². The highest BCUT2D eigenvalue weighted by Gasteiger charge is 2.21. The maximum absolute atomic E-state index is 12.2. The quantitative estimate of drug-likeness (QED) is 0.813. The summed E-state index contributed by atoms with van der Waals surface area (Å²) in [6, 6.07) is 6.74. The lowest BCUT2D eigenvalue weighted by Crippen LogP contribution is -2.09. The van der Waals surface area contributed by atoms with Crippen molar-refractivity contribution in [3.05, 3.63) is 36.0 Å². The van der Waals surface area contributed by atoms with E-state index < -0.39 is 10.1 Å². The zero-order valence-electron chi connectivity index (χ0n) is 11.4. The number of hydrogen-bond donors (Lipinski definition) is 0. The normalized spacial score (nSPS) is 15.2. The molecule has 0 spiro atoms. The summed E-state index contributed by atoms with van der Waals surface area (Å²) in [6.45, 7) is 2.62. The lowest BCUT2D eigenvalue weighted by atomic mass is 10.1. The Kier molecular flexibility index (Phi) is 3.86. The number of pyridine rings is 1. The number of fused-ring (bicyclic) bond motifs is 1. The fourth-order valence-electron chi connectivity index (χ4n) is 2.01. The molecule has 0 N–H and O–H groups in total. The number of aromatic nitrogens is 1. The second kappa shape index (κ2) is 5.65. The van der Waals surface area contributed by atoms with Crippen LogP contribution < -0.4 is 0 Å². The van der Waals surface area contributed by atoms with Crippen molar-refractivity contribution < 1.29 is 12.6 Å². The van der Waals surface area contributed by atoms with Gasteiger partial charge in [-0.15, -0.1) is 0 Å². The van der Waals surface area contributed by atoms with E-state index in [1.54, 1.807) is 18.3 Å². The molecule has 0 radical (unpaired) electrons. The molecule has 0 amide bonds. The van der Waals surface area contributed by atoms with Gasteiger partial charge in [-0.1, -0.05) is 18.7 Å². The summed E-state index contributed by atoms with van der Waals surface area (Å²) < 4.78 is 29.6. The highest BCUT2D eigenvalue weighted by Crippen LogP contribution is 2.23. The third kappa shape index (κ3) is 3.03. The summed E-state index contributed by atoms with van der Waals surface area (Å²) >= 11 is 1.31. The van der Waals surface area contributed by atoms with E-state index in [4.69, 9.17) is 4.18 Å². The van der Waals surface area contributed by atoms with E-state index in [1.807, 2.05) is 13.0 Å². The summed E-state index contributed by atoms with van der Waals surface area (Å²) in [5.74, 6) is 0.756. The Bertz CT molecular complexity index is 816. The van der Waals surface area contributed by atoms with Crippen LogP contribution in [-0.4, -0.2) is 30.9 Å². The molecule has 7 heteroatoms. The molecule has 1 aliphatic rings. The van der Waals surface area contributed by atoms with Gasteiger partial charge >= 0.3 is 10.1 Å². The predicted octanol–water partition coefficient (Wildman–Crippen LogP) is 2.61. The first-order valence-corrected chi connectivity index (χ1v) is 8.98. The first-order valence-electron chi connectivity index (χ1n) is 6.59. The summed E-state index contributed by atoms with van der Waals surface area (Å²) in [4.78, 5) is 8.44. The smallest absolute Gasteiger partial charge is 0.341 e. The number of thioether (sulfide) groups is 1. The van der Waals surface area contributed by atoms with Crippen LogP contribution in [0.5, 0.6) is 0 Å². The average Bonchev–Trinajstić information content (AvgIpc) is 2.98. The maximum Gasteiger partial charge on any atom is 0.341 e. The molecule has 0 unspecified atom stereocenters. The van der Waals surface area contributed by atoms with Gasteiger partial charge in [0.15, 0.2) is 0 Å². The van der Waals surface area contributed by atoms with Crippen molar-refractivity contribution in [2.45, 2.75) is 18.2 Å². The largest absolute Gasteiger partial charge is 0.352 e. The van der Waals surface area contributed by atoms with Gasteiger partial charge < -0.3 is 4.18 Å². The fraction of sp³-hybridized carbons (Fsp3) is 0.286. The van der Waals surface area contributed by atoms with Gasteiger partial charge in [-0.2, -0.15) is 8.42 Å². The van der Waals surface area contributed by atoms with E-state index in [0.717, 1.165) is 28.6 Å². The number of nitrogens with zero attached hydrogens (tertiary/aromatic N) is 2. The predicted molar refractivity (Wildman–Crippen MR) is 84.2 cm³/mol. The number of benzene rings is 1. The molecule has 5 nitrogen and oxygen atoms in total. The second-order valence-electron chi connectivity index (χ2n) is 4.59. The monoisotopic (exact) mass is 322 g/mol. The minimum absolute atomic E-state index is 0.125. The van der Waals surface area contributed by atoms with Crippen LogP contribution >= 0.6 is 11.8 Å². The molecule has 0 atom stereocenters. The van der Waals surface area contributed by atoms with Crippen LogP contribution in [0.4, 0.5) is 0 Å². The Morgan fingerprint density at radius 1 is 1.33 bits per heavy atom. The lowest BCUT2D eigenvalue weighted by molar-refractivity contribution is 0.488. The van der Waals surface area contributed by atoms with Crippen LogP contribution in [0.25, 0.3) is 10.9 Å². The Morgan fingerprint density at radius 2 is 2.19 bits per heavy atom. The summed E-state index contributed by atoms with van der Waals surface area (Å²) in [6.07, 6.45) is 2.65. The number of aryl methyl sites for hydroxylation is 1. The zero-order chi connectivity index (χ0) is 14.9. The van der Waals surface area contributed by atoms with Crippen LogP contribution in [-0.2, 0) is 20.7 Å². The van der Waals surface area contributed by atoms with Crippen molar-refractivity contribution in [2.75, 3.05) is 12.3 Å². The summed E-state index contributed by atoms with van der Waals surface area (Å²) in [5.41, 5.74) is 1.83. The van der Waals surface area contributed by atoms with Crippen molar-refractivity contribution in [1.82, 2.24) is 4.98 Å². The molecule has 1 aromatic heterocycles. The molecule has 0 saturated carbocycles. The van der Waals surface area contributed by atoms with Gasteiger partial charge in [-0.25, -0.2) is 4.99 Å². The Morgan fingerprint density at radius 3 is 2.90 bits per heavy atom. The molecule has 2 aromatic rings. The Labute approximate surface area is 127 Å². The van der Waals surface area contributed by atoms with Crippen molar-refractivity contribution in [1.29, 1.82) is 0 Å². The molecule has 0 bridgehead atoms. The van der Waals surface area contributed by atoms with Crippen molar-refractivity contribution in [3.63, 3.8) is 0 Å². The molecule has 0 aliphatic carbocycles. The molecule has 0 fully saturated rings. The van der Waals surface area contributed by atoms with Crippen LogP contribution in [0, 0.1) is 0 Å². The van der Waals surface area contributed by atoms with E-state index in [1.165, 1.54) is 17.8 Å². The molecule has 1 aromatic carbocycles.